The van der Waals surface area contributed by atoms with Gasteiger partial charge in [0.2, 0.25) is 0 Å². The van der Waals surface area contributed by atoms with Crippen molar-refractivity contribution in [3.05, 3.63) is 35.5 Å². The van der Waals surface area contributed by atoms with Gasteiger partial charge in [0.25, 0.3) is 0 Å². The molecule has 2 aromatic heterocycles. The average Bonchev–Trinajstić information content (AvgIpc) is 2.39. The van der Waals surface area contributed by atoms with Gasteiger partial charge in [0.05, 0.1) is 0 Å². The molecule has 0 aliphatic carbocycles. The molecule has 0 spiro atoms. The lowest BCUT2D eigenvalue weighted by Gasteiger charge is -2.09. The van der Waals surface area contributed by atoms with Crippen molar-refractivity contribution in [2.45, 2.75) is 26.7 Å². The van der Waals surface area contributed by atoms with Gasteiger partial charge >= 0.3 is 0 Å². The summed E-state index contributed by atoms with van der Waals surface area (Å²) < 4.78 is 0. The molecule has 0 radical (unpaired) electrons. The summed E-state index contributed by atoms with van der Waals surface area (Å²) in [6.07, 6.45) is 5.08. The van der Waals surface area contributed by atoms with E-state index in [1.807, 2.05) is 19.9 Å². The standard InChI is InChI=1S/C13H17N5/c1-9-11(4-3-6-14)10(2)18-13(17-9)12-5-7-15-8-16-12/h5,7-8H,3-4,6,14H2,1-2H3. The first-order chi connectivity index (χ1) is 8.72. The number of aryl methyl sites for hydroxylation is 2. The lowest BCUT2D eigenvalue weighted by Crippen LogP contribution is -2.07. The van der Waals surface area contributed by atoms with Crippen LogP contribution in [0, 0.1) is 13.8 Å². The third kappa shape index (κ3) is 2.68. The van der Waals surface area contributed by atoms with Crippen LogP contribution in [0.4, 0.5) is 0 Å². The third-order valence-electron chi connectivity index (χ3n) is 2.86. The summed E-state index contributed by atoms with van der Waals surface area (Å²) in [4.78, 5) is 17.1. The van der Waals surface area contributed by atoms with E-state index < -0.39 is 0 Å². The van der Waals surface area contributed by atoms with Gasteiger partial charge < -0.3 is 5.73 Å². The van der Waals surface area contributed by atoms with Gasteiger partial charge in [-0.3, -0.25) is 0 Å². The minimum absolute atomic E-state index is 0.656. The molecule has 2 heterocycles. The van der Waals surface area contributed by atoms with Crippen LogP contribution < -0.4 is 5.73 Å². The fraction of sp³-hybridized carbons (Fsp3) is 0.385. The van der Waals surface area contributed by atoms with Crippen LogP contribution >= 0.6 is 0 Å². The Hall–Kier alpha value is -1.88. The number of rotatable bonds is 4. The van der Waals surface area contributed by atoms with E-state index in [0.29, 0.717) is 12.4 Å². The Kier molecular flexibility index (Phi) is 3.94. The molecule has 0 aliphatic rings. The van der Waals surface area contributed by atoms with Crippen molar-refractivity contribution >= 4 is 0 Å². The molecule has 0 unspecified atom stereocenters. The van der Waals surface area contributed by atoms with Crippen molar-refractivity contribution in [2.24, 2.45) is 5.73 Å². The van der Waals surface area contributed by atoms with E-state index in [2.05, 4.69) is 19.9 Å². The van der Waals surface area contributed by atoms with E-state index in [-0.39, 0.29) is 0 Å². The lowest BCUT2D eigenvalue weighted by atomic mass is 10.1. The molecule has 18 heavy (non-hydrogen) atoms. The maximum atomic E-state index is 5.54. The normalized spacial score (nSPS) is 10.6. The van der Waals surface area contributed by atoms with Crippen molar-refractivity contribution in [3.63, 3.8) is 0 Å². The largest absolute Gasteiger partial charge is 0.330 e. The van der Waals surface area contributed by atoms with Gasteiger partial charge in [-0.1, -0.05) is 0 Å². The molecule has 94 valence electrons. The van der Waals surface area contributed by atoms with Crippen molar-refractivity contribution in [1.29, 1.82) is 0 Å². The average molecular weight is 243 g/mol. The van der Waals surface area contributed by atoms with E-state index >= 15 is 0 Å². The molecule has 0 aliphatic heterocycles. The van der Waals surface area contributed by atoms with Gasteiger partial charge in [0.15, 0.2) is 5.82 Å². The van der Waals surface area contributed by atoms with Crippen LogP contribution in [0.15, 0.2) is 18.6 Å². The monoisotopic (exact) mass is 243 g/mol. The highest BCUT2D eigenvalue weighted by Crippen LogP contribution is 2.17. The highest BCUT2D eigenvalue weighted by molar-refractivity contribution is 5.49. The van der Waals surface area contributed by atoms with Crippen LogP contribution in [-0.4, -0.2) is 26.5 Å². The molecule has 0 bridgehead atoms. The Labute approximate surface area is 107 Å². The fourth-order valence-electron chi connectivity index (χ4n) is 1.92. The van der Waals surface area contributed by atoms with Crippen LogP contribution in [0.1, 0.15) is 23.4 Å². The van der Waals surface area contributed by atoms with Gasteiger partial charge in [0.1, 0.15) is 12.0 Å². The summed E-state index contributed by atoms with van der Waals surface area (Å²) in [6, 6.07) is 1.81. The Bertz CT molecular complexity index is 501. The quantitative estimate of drug-likeness (QED) is 0.879. The zero-order valence-electron chi connectivity index (χ0n) is 10.7. The SMILES string of the molecule is Cc1nc(-c2ccncn2)nc(C)c1CCCN. The zero-order valence-corrected chi connectivity index (χ0v) is 10.7. The van der Waals surface area contributed by atoms with Gasteiger partial charge in [-0.05, 0) is 44.9 Å². The maximum absolute atomic E-state index is 5.54. The summed E-state index contributed by atoms with van der Waals surface area (Å²) in [5.74, 6) is 0.656. The van der Waals surface area contributed by atoms with Crippen molar-refractivity contribution in [2.75, 3.05) is 6.54 Å². The molecule has 2 aromatic rings. The third-order valence-corrected chi connectivity index (χ3v) is 2.86. The molecule has 0 fully saturated rings. The second-order valence-corrected chi connectivity index (χ2v) is 4.18. The fourth-order valence-corrected chi connectivity index (χ4v) is 1.92. The Morgan fingerprint density at radius 2 is 1.89 bits per heavy atom. The first kappa shape index (κ1) is 12.6. The van der Waals surface area contributed by atoms with Crippen molar-refractivity contribution in [3.8, 4) is 11.5 Å². The van der Waals surface area contributed by atoms with Crippen LogP contribution in [0.3, 0.4) is 0 Å². The lowest BCUT2D eigenvalue weighted by molar-refractivity contribution is 0.805. The van der Waals surface area contributed by atoms with Crippen molar-refractivity contribution < 1.29 is 0 Å². The topological polar surface area (TPSA) is 77.6 Å². The number of hydrogen-bond donors (Lipinski definition) is 1. The molecule has 0 amide bonds. The van der Waals surface area contributed by atoms with Crippen LogP contribution in [0.5, 0.6) is 0 Å². The Morgan fingerprint density at radius 3 is 2.44 bits per heavy atom. The smallest absolute Gasteiger partial charge is 0.178 e. The number of nitrogens with two attached hydrogens (primary N) is 1. The summed E-state index contributed by atoms with van der Waals surface area (Å²) >= 11 is 0. The number of hydrogen-bond acceptors (Lipinski definition) is 5. The molecule has 2 rings (SSSR count). The molecule has 5 nitrogen and oxygen atoms in total. The van der Waals surface area contributed by atoms with E-state index in [9.17, 15) is 0 Å². The summed E-state index contributed by atoms with van der Waals surface area (Å²) in [5.41, 5.74) is 9.49. The maximum Gasteiger partial charge on any atom is 0.178 e. The van der Waals surface area contributed by atoms with Crippen LogP contribution in [0.2, 0.25) is 0 Å². The zero-order chi connectivity index (χ0) is 13.0. The van der Waals surface area contributed by atoms with E-state index in [0.717, 1.165) is 29.9 Å². The molecular formula is C13H17N5. The molecule has 0 saturated heterocycles. The molecule has 0 saturated carbocycles. The molecule has 0 aromatic carbocycles. The number of aromatic nitrogens is 4. The van der Waals surface area contributed by atoms with Crippen LogP contribution in [0.25, 0.3) is 11.5 Å². The Morgan fingerprint density at radius 1 is 1.17 bits per heavy atom. The van der Waals surface area contributed by atoms with Crippen LogP contribution in [-0.2, 0) is 6.42 Å². The summed E-state index contributed by atoms with van der Waals surface area (Å²) in [7, 11) is 0. The van der Waals surface area contributed by atoms with Gasteiger partial charge in [0, 0.05) is 17.6 Å². The Balaban J connectivity index is 2.36. The highest BCUT2D eigenvalue weighted by atomic mass is 14.9. The van der Waals surface area contributed by atoms with Gasteiger partial charge in [-0.25, -0.2) is 19.9 Å². The van der Waals surface area contributed by atoms with Crippen molar-refractivity contribution in [1.82, 2.24) is 19.9 Å². The second-order valence-electron chi connectivity index (χ2n) is 4.18. The summed E-state index contributed by atoms with van der Waals surface area (Å²) in [6.45, 7) is 4.70. The highest BCUT2D eigenvalue weighted by Gasteiger charge is 2.10. The van der Waals surface area contributed by atoms with E-state index in [1.165, 1.54) is 11.9 Å². The number of nitrogens with zero attached hydrogens (tertiary/aromatic N) is 4. The first-order valence-electron chi connectivity index (χ1n) is 6.03. The first-order valence-corrected chi connectivity index (χ1v) is 6.03. The van der Waals surface area contributed by atoms with E-state index in [4.69, 9.17) is 5.73 Å². The van der Waals surface area contributed by atoms with E-state index in [1.54, 1.807) is 6.20 Å². The van der Waals surface area contributed by atoms with Gasteiger partial charge in [-0.2, -0.15) is 0 Å². The molecular weight excluding hydrogens is 226 g/mol. The predicted octanol–water partition coefficient (Wildman–Crippen LogP) is 1.44. The molecule has 2 N–H and O–H groups in total. The molecule has 0 atom stereocenters. The molecule has 5 heteroatoms. The summed E-state index contributed by atoms with van der Waals surface area (Å²) in [5, 5.41) is 0. The minimum Gasteiger partial charge on any atom is -0.330 e. The second kappa shape index (κ2) is 5.64. The van der Waals surface area contributed by atoms with Gasteiger partial charge in [-0.15, -0.1) is 0 Å². The minimum atomic E-state index is 0.656. The predicted molar refractivity (Wildman–Crippen MR) is 69.9 cm³/mol.